The molecule has 1 atom stereocenters. The number of anilines is 1. The van der Waals surface area contributed by atoms with Crippen LogP contribution in [-0.2, 0) is 6.42 Å². The van der Waals surface area contributed by atoms with Gasteiger partial charge in [0.15, 0.2) is 11.5 Å². The van der Waals surface area contributed by atoms with Crippen molar-refractivity contribution in [2.24, 2.45) is 0 Å². The van der Waals surface area contributed by atoms with E-state index >= 15 is 0 Å². The van der Waals surface area contributed by atoms with E-state index in [4.69, 9.17) is 5.73 Å². The molecular weight excluding hydrogens is 268 g/mol. The lowest BCUT2D eigenvalue weighted by Crippen LogP contribution is -2.27. The molecule has 5 N–H and O–H groups in total. The van der Waals surface area contributed by atoms with Gasteiger partial charge in [0.05, 0.1) is 6.04 Å². The Morgan fingerprint density at radius 1 is 1.14 bits per heavy atom. The molecular formula is C16H16N2O3. The van der Waals surface area contributed by atoms with Crippen molar-refractivity contribution < 1.29 is 15.0 Å². The van der Waals surface area contributed by atoms with Gasteiger partial charge in [-0.15, -0.1) is 0 Å². The molecule has 0 bridgehead atoms. The number of nitrogens with one attached hydrogen (secondary N) is 1. The van der Waals surface area contributed by atoms with Crippen molar-refractivity contribution >= 4 is 11.6 Å². The Balaban J connectivity index is 1.79. The molecule has 2 aromatic rings. The number of nitrogens with two attached hydrogens (primary N) is 1. The van der Waals surface area contributed by atoms with Gasteiger partial charge in [-0.05, 0) is 54.3 Å². The number of aromatic hydroxyl groups is 2. The molecule has 0 radical (unpaired) electrons. The minimum Gasteiger partial charge on any atom is -0.504 e. The van der Waals surface area contributed by atoms with Crippen LogP contribution in [0.2, 0.25) is 0 Å². The molecule has 0 spiro atoms. The number of rotatable bonds is 2. The Morgan fingerprint density at radius 3 is 2.71 bits per heavy atom. The number of carbonyl (C=O) groups excluding carboxylic acids is 1. The molecule has 1 aliphatic rings. The summed E-state index contributed by atoms with van der Waals surface area (Å²) in [5.74, 6) is -0.824. The third kappa shape index (κ3) is 2.50. The van der Waals surface area contributed by atoms with Crippen molar-refractivity contribution in [3.63, 3.8) is 0 Å². The standard InChI is InChI=1S/C16H16N2O3/c17-11-3-4-12-9(7-11)1-5-13(12)18-16(21)10-2-6-14(19)15(20)8-10/h2-4,6-8,13,19-20H,1,5,17H2,(H,18,21). The molecule has 3 rings (SSSR count). The van der Waals surface area contributed by atoms with Gasteiger partial charge in [0.1, 0.15) is 0 Å². The van der Waals surface area contributed by atoms with Gasteiger partial charge in [0.25, 0.3) is 5.91 Å². The van der Waals surface area contributed by atoms with Gasteiger partial charge in [-0.3, -0.25) is 4.79 Å². The smallest absolute Gasteiger partial charge is 0.251 e. The zero-order chi connectivity index (χ0) is 15.0. The number of benzene rings is 2. The van der Waals surface area contributed by atoms with E-state index in [-0.39, 0.29) is 23.4 Å². The Morgan fingerprint density at radius 2 is 1.95 bits per heavy atom. The first-order valence-electron chi connectivity index (χ1n) is 6.76. The van der Waals surface area contributed by atoms with Crippen molar-refractivity contribution in [1.82, 2.24) is 5.32 Å². The summed E-state index contributed by atoms with van der Waals surface area (Å²) >= 11 is 0. The van der Waals surface area contributed by atoms with Crippen molar-refractivity contribution in [3.05, 3.63) is 53.1 Å². The average Bonchev–Trinajstić information content (AvgIpc) is 2.84. The van der Waals surface area contributed by atoms with Gasteiger partial charge in [0.2, 0.25) is 0 Å². The first kappa shape index (κ1) is 13.3. The van der Waals surface area contributed by atoms with Crippen LogP contribution in [0.4, 0.5) is 5.69 Å². The van der Waals surface area contributed by atoms with Crippen LogP contribution >= 0.6 is 0 Å². The SMILES string of the molecule is Nc1ccc2c(c1)CCC2NC(=O)c1ccc(O)c(O)c1. The summed E-state index contributed by atoms with van der Waals surface area (Å²) in [6.45, 7) is 0. The Kier molecular flexibility index (Phi) is 3.17. The monoisotopic (exact) mass is 284 g/mol. The van der Waals surface area contributed by atoms with Crippen LogP contribution in [0.3, 0.4) is 0 Å². The summed E-state index contributed by atoms with van der Waals surface area (Å²) in [5.41, 5.74) is 9.05. The topological polar surface area (TPSA) is 95.6 Å². The lowest BCUT2D eigenvalue weighted by molar-refractivity contribution is 0.0936. The highest BCUT2D eigenvalue weighted by Gasteiger charge is 2.24. The van der Waals surface area contributed by atoms with Crippen molar-refractivity contribution in [3.8, 4) is 11.5 Å². The molecule has 1 aliphatic carbocycles. The molecule has 0 heterocycles. The van der Waals surface area contributed by atoms with E-state index in [2.05, 4.69) is 5.32 Å². The van der Waals surface area contributed by atoms with Crippen LogP contribution in [0.15, 0.2) is 36.4 Å². The number of hydrogen-bond donors (Lipinski definition) is 4. The van der Waals surface area contributed by atoms with Gasteiger partial charge in [-0.2, -0.15) is 0 Å². The highest BCUT2D eigenvalue weighted by molar-refractivity contribution is 5.95. The van der Waals surface area contributed by atoms with E-state index in [9.17, 15) is 15.0 Å². The number of aryl methyl sites for hydroxylation is 1. The van der Waals surface area contributed by atoms with E-state index < -0.39 is 0 Å². The van der Waals surface area contributed by atoms with E-state index in [0.717, 1.165) is 29.7 Å². The molecule has 0 saturated carbocycles. The lowest BCUT2D eigenvalue weighted by atomic mass is 10.1. The summed E-state index contributed by atoms with van der Waals surface area (Å²) in [4.78, 5) is 12.2. The van der Waals surface area contributed by atoms with Gasteiger partial charge in [-0.25, -0.2) is 0 Å². The minimum absolute atomic E-state index is 0.0518. The summed E-state index contributed by atoms with van der Waals surface area (Å²) < 4.78 is 0. The summed E-state index contributed by atoms with van der Waals surface area (Å²) in [6, 6.07) is 9.69. The van der Waals surface area contributed by atoms with Crippen LogP contribution < -0.4 is 11.1 Å². The zero-order valence-corrected chi connectivity index (χ0v) is 11.3. The Labute approximate surface area is 122 Å². The number of hydrogen-bond acceptors (Lipinski definition) is 4. The number of nitrogen functional groups attached to an aromatic ring is 1. The fraction of sp³-hybridized carbons (Fsp3) is 0.188. The predicted octanol–water partition coefficient (Wildman–Crippen LogP) is 2.10. The largest absolute Gasteiger partial charge is 0.504 e. The molecule has 5 nitrogen and oxygen atoms in total. The maximum Gasteiger partial charge on any atom is 0.251 e. The van der Waals surface area contributed by atoms with Crippen LogP contribution in [0, 0.1) is 0 Å². The molecule has 0 fully saturated rings. The van der Waals surface area contributed by atoms with E-state index in [0.29, 0.717) is 5.56 Å². The number of fused-ring (bicyclic) bond motifs is 1. The zero-order valence-electron chi connectivity index (χ0n) is 11.3. The van der Waals surface area contributed by atoms with Crippen LogP contribution in [-0.4, -0.2) is 16.1 Å². The summed E-state index contributed by atoms with van der Waals surface area (Å²) in [6.07, 6.45) is 1.71. The van der Waals surface area contributed by atoms with Crippen LogP contribution in [0.1, 0.15) is 33.9 Å². The van der Waals surface area contributed by atoms with Gasteiger partial charge in [-0.1, -0.05) is 6.07 Å². The third-order valence-corrected chi connectivity index (χ3v) is 3.79. The highest BCUT2D eigenvalue weighted by atomic mass is 16.3. The predicted molar refractivity (Wildman–Crippen MR) is 79.2 cm³/mol. The average molecular weight is 284 g/mol. The second kappa shape index (κ2) is 5.01. The molecule has 21 heavy (non-hydrogen) atoms. The third-order valence-electron chi connectivity index (χ3n) is 3.79. The van der Waals surface area contributed by atoms with Crippen molar-refractivity contribution in [1.29, 1.82) is 0 Å². The molecule has 108 valence electrons. The minimum atomic E-state index is -0.303. The number of phenolic OH excluding ortho intramolecular Hbond substituents is 2. The van der Waals surface area contributed by atoms with E-state index in [1.165, 1.54) is 18.2 Å². The van der Waals surface area contributed by atoms with Gasteiger partial charge >= 0.3 is 0 Å². The maximum absolute atomic E-state index is 12.2. The molecule has 1 unspecified atom stereocenters. The van der Waals surface area contributed by atoms with Gasteiger partial charge in [0, 0.05) is 11.3 Å². The highest BCUT2D eigenvalue weighted by Crippen LogP contribution is 2.33. The van der Waals surface area contributed by atoms with Crippen molar-refractivity contribution in [2.45, 2.75) is 18.9 Å². The van der Waals surface area contributed by atoms with Crippen molar-refractivity contribution in [2.75, 3.05) is 5.73 Å². The molecule has 0 aromatic heterocycles. The molecule has 1 amide bonds. The molecule has 0 aliphatic heterocycles. The molecule has 0 saturated heterocycles. The lowest BCUT2D eigenvalue weighted by Gasteiger charge is -2.14. The molecule has 2 aromatic carbocycles. The quantitative estimate of drug-likeness (QED) is 0.501. The molecule has 5 heteroatoms. The van der Waals surface area contributed by atoms with E-state index in [1.807, 2.05) is 18.2 Å². The summed E-state index contributed by atoms with van der Waals surface area (Å²) in [5, 5.41) is 21.7. The number of phenols is 2. The Bertz CT molecular complexity index is 713. The second-order valence-corrected chi connectivity index (χ2v) is 5.23. The summed E-state index contributed by atoms with van der Waals surface area (Å²) in [7, 11) is 0. The first-order chi connectivity index (χ1) is 10.0. The number of amides is 1. The Hall–Kier alpha value is -2.69. The second-order valence-electron chi connectivity index (χ2n) is 5.23. The normalized spacial score (nSPS) is 16.5. The van der Waals surface area contributed by atoms with Crippen LogP contribution in [0.25, 0.3) is 0 Å². The fourth-order valence-corrected chi connectivity index (χ4v) is 2.69. The number of carbonyl (C=O) groups is 1. The maximum atomic E-state index is 12.2. The van der Waals surface area contributed by atoms with Gasteiger partial charge < -0.3 is 21.3 Å². The first-order valence-corrected chi connectivity index (χ1v) is 6.76. The van der Waals surface area contributed by atoms with E-state index in [1.54, 1.807) is 0 Å². The van der Waals surface area contributed by atoms with Crippen LogP contribution in [0.5, 0.6) is 11.5 Å². The fourth-order valence-electron chi connectivity index (χ4n) is 2.69.